The predicted octanol–water partition coefficient (Wildman–Crippen LogP) is 1.19. The van der Waals surface area contributed by atoms with Crippen molar-refractivity contribution in [3.05, 3.63) is 0 Å². The smallest absolute Gasteiger partial charge is 0.389 e. The highest BCUT2D eigenvalue weighted by molar-refractivity contribution is 7.99. The number of aromatic nitrogens is 4. The fraction of sp³-hybridized carbons (Fsp3) is 0.714. The summed E-state index contributed by atoms with van der Waals surface area (Å²) in [6, 6.07) is 0. The first-order valence-corrected chi connectivity index (χ1v) is 5.54. The molecule has 0 atom stereocenters. The zero-order valence-electron chi connectivity index (χ0n) is 8.51. The second-order valence-corrected chi connectivity index (χ2v) is 4.14. The number of carboxylic acids is 1. The number of alkyl halides is 3. The molecule has 0 fully saturated rings. The van der Waals surface area contributed by atoms with E-state index < -0.39 is 25.1 Å². The van der Waals surface area contributed by atoms with Crippen LogP contribution in [-0.2, 0) is 11.3 Å². The van der Waals surface area contributed by atoms with Gasteiger partial charge in [-0.2, -0.15) is 13.2 Å². The summed E-state index contributed by atoms with van der Waals surface area (Å²) in [5.41, 5.74) is 0. The van der Waals surface area contributed by atoms with Crippen molar-refractivity contribution in [2.75, 3.05) is 5.75 Å². The number of aliphatic carboxylic acids is 1. The standard InChI is InChI=1S/C7H9F3N4O2S/c8-7(9,10)2-1-3-17-6-11-12-13-14(6)4-5(15)16/h1-4H2,(H,15,16). The summed E-state index contributed by atoms with van der Waals surface area (Å²) in [6.07, 6.45) is -5.11. The van der Waals surface area contributed by atoms with Crippen LogP contribution in [0.15, 0.2) is 5.16 Å². The minimum absolute atomic E-state index is 0.0614. The van der Waals surface area contributed by atoms with Gasteiger partial charge in [0.2, 0.25) is 5.16 Å². The molecule has 96 valence electrons. The molecule has 6 nitrogen and oxygen atoms in total. The number of halogens is 3. The molecule has 1 aromatic rings. The van der Waals surface area contributed by atoms with E-state index in [1.807, 2.05) is 0 Å². The van der Waals surface area contributed by atoms with Crippen molar-refractivity contribution >= 4 is 17.7 Å². The van der Waals surface area contributed by atoms with Gasteiger partial charge in [-0.05, 0) is 16.8 Å². The number of tetrazole rings is 1. The molecular weight excluding hydrogens is 261 g/mol. The lowest BCUT2D eigenvalue weighted by molar-refractivity contribution is -0.138. The first-order chi connectivity index (χ1) is 7.88. The third-order valence-corrected chi connectivity index (χ3v) is 2.66. The van der Waals surface area contributed by atoms with E-state index in [4.69, 9.17) is 5.11 Å². The van der Waals surface area contributed by atoms with E-state index in [2.05, 4.69) is 15.5 Å². The lowest BCUT2D eigenvalue weighted by Gasteiger charge is -2.05. The van der Waals surface area contributed by atoms with Crippen molar-refractivity contribution < 1.29 is 23.1 Å². The third kappa shape index (κ3) is 5.52. The maximum Gasteiger partial charge on any atom is 0.389 e. The fourth-order valence-electron chi connectivity index (χ4n) is 0.963. The minimum Gasteiger partial charge on any atom is -0.480 e. The highest BCUT2D eigenvalue weighted by Crippen LogP contribution is 2.24. The van der Waals surface area contributed by atoms with Crippen molar-refractivity contribution in [3.8, 4) is 0 Å². The van der Waals surface area contributed by atoms with Gasteiger partial charge in [0.05, 0.1) is 0 Å². The minimum atomic E-state index is -4.17. The normalized spacial score (nSPS) is 11.7. The lowest BCUT2D eigenvalue weighted by atomic mass is 10.3. The highest BCUT2D eigenvalue weighted by Gasteiger charge is 2.26. The summed E-state index contributed by atoms with van der Waals surface area (Å²) < 4.78 is 36.5. The molecule has 0 aliphatic rings. The number of hydrogen-bond acceptors (Lipinski definition) is 5. The third-order valence-electron chi connectivity index (χ3n) is 1.62. The second-order valence-electron chi connectivity index (χ2n) is 3.08. The van der Waals surface area contributed by atoms with Gasteiger partial charge in [0.25, 0.3) is 0 Å². The van der Waals surface area contributed by atoms with Crippen LogP contribution in [0.2, 0.25) is 0 Å². The van der Waals surface area contributed by atoms with Crippen LogP contribution in [0.5, 0.6) is 0 Å². The average Bonchev–Trinajstić information content (AvgIpc) is 2.58. The summed E-state index contributed by atoms with van der Waals surface area (Å²) in [4.78, 5) is 10.4. The van der Waals surface area contributed by atoms with Gasteiger partial charge in [-0.1, -0.05) is 11.8 Å². The number of carbonyl (C=O) groups is 1. The van der Waals surface area contributed by atoms with Gasteiger partial charge < -0.3 is 5.11 Å². The molecule has 17 heavy (non-hydrogen) atoms. The van der Waals surface area contributed by atoms with Crippen LogP contribution in [0.25, 0.3) is 0 Å². The van der Waals surface area contributed by atoms with Gasteiger partial charge in [-0.25, -0.2) is 4.68 Å². The molecule has 0 aliphatic carbocycles. The highest BCUT2D eigenvalue weighted by atomic mass is 32.2. The molecule has 0 radical (unpaired) electrons. The Balaban J connectivity index is 2.36. The lowest BCUT2D eigenvalue weighted by Crippen LogP contribution is -2.11. The number of rotatable bonds is 6. The maximum absolute atomic E-state index is 11.8. The molecule has 0 saturated carbocycles. The number of thioether (sulfide) groups is 1. The van der Waals surface area contributed by atoms with E-state index in [0.29, 0.717) is 0 Å². The Kier molecular flexibility index (Phi) is 4.73. The van der Waals surface area contributed by atoms with Crippen molar-refractivity contribution in [3.63, 3.8) is 0 Å². The summed E-state index contributed by atoms with van der Waals surface area (Å²) >= 11 is 1.000. The monoisotopic (exact) mass is 270 g/mol. The van der Waals surface area contributed by atoms with E-state index in [-0.39, 0.29) is 17.3 Å². The van der Waals surface area contributed by atoms with E-state index in [1.165, 1.54) is 0 Å². The van der Waals surface area contributed by atoms with Gasteiger partial charge in [0.1, 0.15) is 6.54 Å². The van der Waals surface area contributed by atoms with Crippen LogP contribution >= 0.6 is 11.8 Å². The van der Waals surface area contributed by atoms with Crippen LogP contribution in [0, 0.1) is 0 Å². The quantitative estimate of drug-likeness (QED) is 0.617. The van der Waals surface area contributed by atoms with Crippen molar-refractivity contribution in [2.24, 2.45) is 0 Å². The maximum atomic E-state index is 11.8. The second kappa shape index (κ2) is 5.84. The topological polar surface area (TPSA) is 80.9 Å². The Morgan fingerprint density at radius 2 is 2.18 bits per heavy atom. The van der Waals surface area contributed by atoms with Crippen LogP contribution in [0.3, 0.4) is 0 Å². The molecule has 1 heterocycles. The van der Waals surface area contributed by atoms with Gasteiger partial charge in [-0.15, -0.1) is 5.10 Å². The molecule has 0 unspecified atom stereocenters. The Morgan fingerprint density at radius 1 is 1.47 bits per heavy atom. The molecule has 1 aromatic heterocycles. The average molecular weight is 270 g/mol. The zero-order chi connectivity index (χ0) is 12.9. The summed E-state index contributed by atoms with van der Waals surface area (Å²) in [5, 5.41) is 18.9. The molecule has 0 amide bonds. The SMILES string of the molecule is O=C(O)Cn1nnnc1SCCCC(F)(F)F. The van der Waals surface area contributed by atoms with Gasteiger partial charge in [-0.3, -0.25) is 4.79 Å². The predicted molar refractivity (Wildman–Crippen MR) is 51.5 cm³/mol. The summed E-state index contributed by atoms with van der Waals surface area (Å²) in [7, 11) is 0. The molecule has 0 bridgehead atoms. The molecule has 10 heteroatoms. The Hall–Kier alpha value is -1.32. The van der Waals surface area contributed by atoms with Crippen molar-refractivity contribution in [2.45, 2.75) is 30.7 Å². The fourth-order valence-corrected chi connectivity index (χ4v) is 1.78. The molecule has 0 spiro atoms. The van der Waals surface area contributed by atoms with E-state index in [1.54, 1.807) is 0 Å². The molecule has 1 N–H and O–H groups in total. The van der Waals surface area contributed by atoms with E-state index >= 15 is 0 Å². The Bertz CT molecular complexity index is 381. The first-order valence-electron chi connectivity index (χ1n) is 4.56. The Labute approximate surface area is 98.2 Å². The Morgan fingerprint density at radius 3 is 2.76 bits per heavy atom. The van der Waals surface area contributed by atoms with Gasteiger partial charge in [0, 0.05) is 12.2 Å². The van der Waals surface area contributed by atoms with Crippen LogP contribution in [-0.4, -0.2) is 43.2 Å². The molecule has 0 saturated heterocycles. The molecule has 0 aromatic carbocycles. The van der Waals surface area contributed by atoms with Crippen LogP contribution in [0.1, 0.15) is 12.8 Å². The van der Waals surface area contributed by atoms with E-state index in [0.717, 1.165) is 16.4 Å². The first kappa shape index (κ1) is 13.7. The number of nitrogens with zero attached hydrogens (tertiary/aromatic N) is 4. The molecular formula is C7H9F3N4O2S. The molecule has 0 aliphatic heterocycles. The zero-order valence-corrected chi connectivity index (χ0v) is 9.33. The van der Waals surface area contributed by atoms with Crippen molar-refractivity contribution in [1.29, 1.82) is 0 Å². The largest absolute Gasteiger partial charge is 0.480 e. The van der Waals surface area contributed by atoms with Crippen LogP contribution < -0.4 is 0 Å². The van der Waals surface area contributed by atoms with E-state index in [9.17, 15) is 18.0 Å². The molecule has 1 rings (SSSR count). The van der Waals surface area contributed by atoms with Gasteiger partial charge in [0.15, 0.2) is 0 Å². The summed E-state index contributed by atoms with van der Waals surface area (Å²) in [5.74, 6) is -0.936. The number of hydrogen-bond donors (Lipinski definition) is 1. The van der Waals surface area contributed by atoms with Crippen molar-refractivity contribution in [1.82, 2.24) is 20.2 Å². The van der Waals surface area contributed by atoms with Crippen LogP contribution in [0.4, 0.5) is 13.2 Å². The van der Waals surface area contributed by atoms with Gasteiger partial charge >= 0.3 is 12.1 Å². The summed E-state index contributed by atoms with van der Waals surface area (Å²) in [6.45, 7) is -0.408. The number of carboxylic acid groups (broad SMARTS) is 1.